The maximum Gasteiger partial charge on any atom is 0.132 e. The first-order valence-electron chi connectivity index (χ1n) is 3.75. The second-order valence-corrected chi connectivity index (χ2v) is 2.64. The van der Waals surface area contributed by atoms with Crippen molar-refractivity contribution in [2.24, 2.45) is 5.73 Å². The van der Waals surface area contributed by atoms with Gasteiger partial charge in [-0.25, -0.2) is 4.98 Å². The first-order chi connectivity index (χ1) is 5.77. The fourth-order valence-corrected chi connectivity index (χ4v) is 1.03. The number of hydrogen-bond donors (Lipinski definition) is 1. The highest BCUT2D eigenvalue weighted by atomic mass is 35.5. The summed E-state index contributed by atoms with van der Waals surface area (Å²) in [5.74, 6) is 0.722. The van der Waals surface area contributed by atoms with Crippen molar-refractivity contribution in [3.8, 4) is 5.75 Å². The van der Waals surface area contributed by atoms with Gasteiger partial charge in [0.1, 0.15) is 10.9 Å². The van der Waals surface area contributed by atoms with Crippen LogP contribution in [0.5, 0.6) is 5.75 Å². The van der Waals surface area contributed by atoms with Crippen LogP contribution < -0.4 is 10.5 Å². The van der Waals surface area contributed by atoms with Gasteiger partial charge in [0, 0.05) is 24.4 Å². The topological polar surface area (TPSA) is 48.1 Å². The van der Waals surface area contributed by atoms with Crippen LogP contribution in [0.3, 0.4) is 0 Å². The van der Waals surface area contributed by atoms with Crippen molar-refractivity contribution in [1.82, 2.24) is 4.98 Å². The molecule has 0 aliphatic heterocycles. The van der Waals surface area contributed by atoms with E-state index in [1.54, 1.807) is 12.3 Å². The van der Waals surface area contributed by atoms with Crippen LogP contribution in [-0.4, -0.2) is 11.6 Å². The fourth-order valence-electron chi connectivity index (χ4n) is 0.885. The van der Waals surface area contributed by atoms with Crippen LogP contribution in [0, 0.1) is 0 Å². The lowest BCUT2D eigenvalue weighted by Gasteiger charge is -2.07. The van der Waals surface area contributed by atoms with Gasteiger partial charge in [0.05, 0.1) is 6.61 Å². The van der Waals surface area contributed by atoms with Gasteiger partial charge in [0.15, 0.2) is 0 Å². The third kappa shape index (κ3) is 3.38. The third-order valence-electron chi connectivity index (χ3n) is 1.43. The standard InChI is InChI=1S/C8H11ClN2O.ClH/c1-2-12-7-3-8(9)11-5-6(7)4-10;/h3,5H,2,4,10H2,1H3;1H. The molecule has 2 N–H and O–H groups in total. The molecule has 1 rings (SSSR count). The zero-order chi connectivity index (χ0) is 8.97. The van der Waals surface area contributed by atoms with Gasteiger partial charge in [-0.15, -0.1) is 12.4 Å². The van der Waals surface area contributed by atoms with Crippen LogP contribution in [0.15, 0.2) is 12.3 Å². The van der Waals surface area contributed by atoms with Crippen molar-refractivity contribution in [2.45, 2.75) is 13.5 Å². The fraction of sp³-hybridized carbons (Fsp3) is 0.375. The Kier molecular flexibility index (Phi) is 5.79. The number of hydrogen-bond acceptors (Lipinski definition) is 3. The summed E-state index contributed by atoms with van der Waals surface area (Å²) >= 11 is 5.68. The molecule has 13 heavy (non-hydrogen) atoms. The van der Waals surface area contributed by atoms with E-state index in [2.05, 4.69) is 4.98 Å². The van der Waals surface area contributed by atoms with E-state index >= 15 is 0 Å². The molecule has 0 radical (unpaired) electrons. The summed E-state index contributed by atoms with van der Waals surface area (Å²) in [7, 11) is 0. The Bertz CT molecular complexity index is 268. The van der Waals surface area contributed by atoms with Crippen LogP contribution >= 0.6 is 24.0 Å². The molecule has 1 aromatic rings. The van der Waals surface area contributed by atoms with Crippen molar-refractivity contribution >= 4 is 24.0 Å². The quantitative estimate of drug-likeness (QED) is 0.797. The van der Waals surface area contributed by atoms with Gasteiger partial charge in [0.25, 0.3) is 0 Å². The number of halogens is 2. The summed E-state index contributed by atoms with van der Waals surface area (Å²) < 4.78 is 5.30. The minimum Gasteiger partial charge on any atom is -0.493 e. The molecular weight excluding hydrogens is 211 g/mol. The Labute approximate surface area is 88.7 Å². The number of ether oxygens (including phenoxy) is 1. The maximum atomic E-state index is 5.68. The molecule has 74 valence electrons. The van der Waals surface area contributed by atoms with Crippen molar-refractivity contribution in [2.75, 3.05) is 6.61 Å². The van der Waals surface area contributed by atoms with Crippen molar-refractivity contribution in [3.63, 3.8) is 0 Å². The second kappa shape index (κ2) is 6.02. The van der Waals surface area contributed by atoms with Gasteiger partial charge in [0.2, 0.25) is 0 Å². The maximum absolute atomic E-state index is 5.68. The van der Waals surface area contributed by atoms with Crippen LogP contribution in [0.2, 0.25) is 5.15 Å². The summed E-state index contributed by atoms with van der Waals surface area (Å²) in [5, 5.41) is 0.427. The molecular formula is C8H12Cl2N2O. The van der Waals surface area contributed by atoms with E-state index in [1.165, 1.54) is 0 Å². The second-order valence-electron chi connectivity index (χ2n) is 2.25. The summed E-state index contributed by atoms with van der Waals surface area (Å²) in [5.41, 5.74) is 6.34. The number of rotatable bonds is 3. The Balaban J connectivity index is 0.00000144. The van der Waals surface area contributed by atoms with Gasteiger partial charge in [-0.1, -0.05) is 11.6 Å². The van der Waals surface area contributed by atoms with E-state index in [-0.39, 0.29) is 12.4 Å². The Hall–Kier alpha value is -0.510. The molecule has 0 bridgehead atoms. The van der Waals surface area contributed by atoms with E-state index in [0.29, 0.717) is 18.3 Å². The molecule has 5 heteroatoms. The van der Waals surface area contributed by atoms with Crippen LogP contribution in [0.4, 0.5) is 0 Å². The largest absolute Gasteiger partial charge is 0.493 e. The number of aromatic nitrogens is 1. The molecule has 0 saturated heterocycles. The van der Waals surface area contributed by atoms with E-state index in [0.717, 1.165) is 11.3 Å². The summed E-state index contributed by atoms with van der Waals surface area (Å²) in [6.07, 6.45) is 1.63. The summed E-state index contributed by atoms with van der Waals surface area (Å²) in [4.78, 5) is 3.90. The summed E-state index contributed by atoms with van der Waals surface area (Å²) in [6.45, 7) is 2.93. The normalized spacial score (nSPS) is 9.15. The minimum absolute atomic E-state index is 0. The Morgan fingerprint density at radius 1 is 1.62 bits per heavy atom. The van der Waals surface area contributed by atoms with E-state index in [1.807, 2.05) is 6.92 Å². The van der Waals surface area contributed by atoms with E-state index in [4.69, 9.17) is 22.1 Å². The van der Waals surface area contributed by atoms with Gasteiger partial charge in [-0.05, 0) is 6.92 Å². The molecule has 1 aromatic heterocycles. The highest BCUT2D eigenvalue weighted by molar-refractivity contribution is 6.29. The highest BCUT2D eigenvalue weighted by Gasteiger charge is 2.02. The van der Waals surface area contributed by atoms with Crippen LogP contribution in [0.1, 0.15) is 12.5 Å². The molecule has 0 spiro atoms. The first kappa shape index (κ1) is 12.5. The predicted octanol–water partition coefficient (Wildman–Crippen LogP) is 2.01. The Morgan fingerprint density at radius 3 is 2.85 bits per heavy atom. The zero-order valence-corrected chi connectivity index (χ0v) is 8.86. The minimum atomic E-state index is 0. The smallest absolute Gasteiger partial charge is 0.132 e. The zero-order valence-electron chi connectivity index (χ0n) is 7.29. The molecule has 0 atom stereocenters. The van der Waals surface area contributed by atoms with Gasteiger partial charge in [-0.3, -0.25) is 0 Å². The van der Waals surface area contributed by atoms with Crippen molar-refractivity contribution < 1.29 is 4.74 Å². The lowest BCUT2D eigenvalue weighted by molar-refractivity contribution is 0.336. The molecule has 3 nitrogen and oxygen atoms in total. The molecule has 0 fully saturated rings. The molecule has 1 heterocycles. The molecule has 0 aliphatic rings. The molecule has 0 unspecified atom stereocenters. The highest BCUT2D eigenvalue weighted by Crippen LogP contribution is 2.20. The third-order valence-corrected chi connectivity index (χ3v) is 1.64. The van der Waals surface area contributed by atoms with Gasteiger partial charge >= 0.3 is 0 Å². The van der Waals surface area contributed by atoms with Crippen molar-refractivity contribution in [3.05, 3.63) is 23.0 Å². The number of nitrogens with two attached hydrogens (primary N) is 1. The van der Waals surface area contributed by atoms with E-state index < -0.39 is 0 Å². The van der Waals surface area contributed by atoms with Crippen molar-refractivity contribution in [1.29, 1.82) is 0 Å². The lowest BCUT2D eigenvalue weighted by Crippen LogP contribution is -2.02. The number of nitrogens with zero attached hydrogens (tertiary/aromatic N) is 1. The summed E-state index contributed by atoms with van der Waals surface area (Å²) in [6, 6.07) is 1.67. The average Bonchev–Trinajstić information content (AvgIpc) is 2.05. The van der Waals surface area contributed by atoms with Crippen LogP contribution in [0.25, 0.3) is 0 Å². The average molecular weight is 223 g/mol. The molecule has 0 saturated carbocycles. The Morgan fingerprint density at radius 2 is 2.31 bits per heavy atom. The predicted molar refractivity (Wildman–Crippen MR) is 55.6 cm³/mol. The molecule has 0 aromatic carbocycles. The molecule has 0 aliphatic carbocycles. The SMILES string of the molecule is CCOc1cc(Cl)ncc1CN.Cl. The van der Waals surface area contributed by atoms with Gasteiger partial charge < -0.3 is 10.5 Å². The molecule has 0 amide bonds. The van der Waals surface area contributed by atoms with Gasteiger partial charge in [-0.2, -0.15) is 0 Å². The van der Waals surface area contributed by atoms with Crippen LogP contribution in [-0.2, 0) is 6.54 Å². The van der Waals surface area contributed by atoms with E-state index in [9.17, 15) is 0 Å². The monoisotopic (exact) mass is 222 g/mol. The number of pyridine rings is 1. The lowest BCUT2D eigenvalue weighted by atomic mass is 10.2. The first-order valence-corrected chi connectivity index (χ1v) is 4.13.